The van der Waals surface area contributed by atoms with Gasteiger partial charge in [0.15, 0.2) is 5.82 Å². The molecule has 2 aromatic carbocycles. The van der Waals surface area contributed by atoms with Crippen LogP contribution in [0.1, 0.15) is 24.5 Å². The highest BCUT2D eigenvalue weighted by atomic mass is 32.1. The number of nitrogen functional groups attached to an aromatic ring is 1. The van der Waals surface area contributed by atoms with Crippen molar-refractivity contribution in [2.24, 2.45) is 0 Å². The molecule has 0 unspecified atom stereocenters. The average Bonchev–Trinajstić information content (AvgIpc) is 3.21. The Hall–Kier alpha value is -3.76. The zero-order valence-electron chi connectivity index (χ0n) is 19.6. The van der Waals surface area contributed by atoms with Gasteiger partial charge in [-0.1, -0.05) is 6.07 Å². The number of ether oxygens (including phenoxy) is 1. The summed E-state index contributed by atoms with van der Waals surface area (Å²) in [6.07, 6.45) is -4.75. The summed E-state index contributed by atoms with van der Waals surface area (Å²) in [5.74, 6) is -2.15. The number of aliphatic hydroxyl groups is 1. The Bertz CT molecular complexity index is 1550. The number of halogens is 5. The van der Waals surface area contributed by atoms with Crippen LogP contribution in [0.25, 0.3) is 32.1 Å². The molecular weight excluding hydrogens is 517 g/mol. The maximum atomic E-state index is 16.2. The molecule has 0 fully saturated rings. The number of fused-ring (bicyclic) bond motifs is 2. The lowest BCUT2D eigenvalue weighted by molar-refractivity contribution is -0.137. The van der Waals surface area contributed by atoms with E-state index in [1.54, 1.807) is 17.9 Å². The third-order valence-corrected chi connectivity index (χ3v) is 6.87. The molecule has 2 aromatic heterocycles. The van der Waals surface area contributed by atoms with Gasteiger partial charge in [-0.3, -0.25) is 0 Å². The first-order valence-electron chi connectivity index (χ1n) is 11.0. The highest BCUT2D eigenvalue weighted by Crippen LogP contribution is 2.47. The second-order valence-corrected chi connectivity index (χ2v) is 9.00. The summed E-state index contributed by atoms with van der Waals surface area (Å²) in [5.41, 5.74) is 2.53. The maximum absolute atomic E-state index is 16.2. The van der Waals surface area contributed by atoms with Crippen molar-refractivity contribution in [3.05, 3.63) is 41.0 Å². The number of rotatable bonds is 7. The number of hydrogen-bond acceptors (Lipinski definition) is 8. The fourth-order valence-electron chi connectivity index (χ4n) is 4.19. The van der Waals surface area contributed by atoms with Crippen LogP contribution < -0.4 is 15.4 Å². The van der Waals surface area contributed by atoms with Crippen LogP contribution in [0.4, 0.5) is 32.8 Å². The Morgan fingerprint density at radius 2 is 1.97 bits per heavy atom. The average molecular weight is 538 g/mol. The van der Waals surface area contributed by atoms with Crippen molar-refractivity contribution < 1.29 is 31.8 Å². The van der Waals surface area contributed by atoms with Gasteiger partial charge in [0, 0.05) is 36.0 Å². The number of methoxy groups -OCH3 is 1. The van der Waals surface area contributed by atoms with E-state index in [9.17, 15) is 27.9 Å². The van der Waals surface area contributed by atoms with Crippen molar-refractivity contribution in [3.8, 4) is 23.2 Å². The van der Waals surface area contributed by atoms with Crippen LogP contribution >= 0.6 is 11.3 Å². The summed E-state index contributed by atoms with van der Waals surface area (Å²) in [6, 6.07) is 4.13. The molecule has 0 aliphatic carbocycles. The lowest BCUT2D eigenvalue weighted by atomic mass is 9.92. The Balaban J connectivity index is 2.18. The number of benzene rings is 2. The number of nitrogens with two attached hydrogens (primary N) is 1. The first kappa shape index (κ1) is 26.3. The summed E-state index contributed by atoms with van der Waals surface area (Å²) >= 11 is 0.688. The van der Waals surface area contributed by atoms with Crippen molar-refractivity contribution in [1.29, 1.82) is 5.26 Å². The van der Waals surface area contributed by atoms with Crippen molar-refractivity contribution in [2.75, 3.05) is 37.4 Å². The van der Waals surface area contributed by atoms with Crippen LogP contribution in [-0.4, -0.2) is 41.9 Å². The minimum Gasteiger partial charge on any atom is -0.467 e. The molecule has 0 radical (unpaired) electrons. The van der Waals surface area contributed by atoms with Crippen LogP contribution in [0.5, 0.6) is 6.01 Å². The van der Waals surface area contributed by atoms with E-state index in [1.165, 1.54) is 7.11 Å². The van der Waals surface area contributed by atoms with E-state index in [-0.39, 0.29) is 63.1 Å². The summed E-state index contributed by atoms with van der Waals surface area (Å²) < 4.78 is 79.0. The van der Waals surface area contributed by atoms with E-state index in [0.29, 0.717) is 17.8 Å². The summed E-state index contributed by atoms with van der Waals surface area (Å²) in [6.45, 7) is 2.07. The maximum Gasteiger partial charge on any atom is 0.417 e. The predicted octanol–water partition coefficient (Wildman–Crippen LogP) is 5.48. The number of aromatic nitrogens is 2. The number of aliphatic hydroxyl groups excluding tert-OH is 1. The number of hydrogen-bond donors (Lipinski definition) is 2. The van der Waals surface area contributed by atoms with Crippen molar-refractivity contribution in [2.45, 2.75) is 19.5 Å². The number of nitriles is 1. The smallest absolute Gasteiger partial charge is 0.417 e. The molecule has 37 heavy (non-hydrogen) atoms. The summed E-state index contributed by atoms with van der Waals surface area (Å²) in [4.78, 5) is 9.74. The van der Waals surface area contributed by atoms with Crippen LogP contribution in [0, 0.1) is 23.0 Å². The second kappa shape index (κ2) is 9.95. The molecule has 194 valence electrons. The Morgan fingerprint density at radius 1 is 1.24 bits per heavy atom. The summed E-state index contributed by atoms with van der Waals surface area (Å²) in [5, 5.41) is 18.3. The number of alkyl halides is 3. The van der Waals surface area contributed by atoms with Gasteiger partial charge in [0.05, 0.1) is 22.9 Å². The van der Waals surface area contributed by atoms with E-state index in [2.05, 4.69) is 9.97 Å². The SMILES string of the molecule is CCN(CCCO)c1nc(OC)nc2c(F)c(-c3ccc(F)c4sc(N)c(C#N)c34)c(C(F)(F)F)cc12. The summed E-state index contributed by atoms with van der Waals surface area (Å²) in [7, 11) is 1.23. The van der Waals surface area contributed by atoms with Gasteiger partial charge in [-0.15, -0.1) is 11.3 Å². The first-order chi connectivity index (χ1) is 17.6. The van der Waals surface area contributed by atoms with Crippen LogP contribution in [-0.2, 0) is 6.18 Å². The van der Waals surface area contributed by atoms with Gasteiger partial charge in [0.1, 0.15) is 28.2 Å². The van der Waals surface area contributed by atoms with Gasteiger partial charge >= 0.3 is 12.2 Å². The Kier molecular flexibility index (Phi) is 7.07. The topological polar surface area (TPSA) is 108 Å². The van der Waals surface area contributed by atoms with E-state index >= 15 is 4.39 Å². The normalized spacial score (nSPS) is 11.8. The molecule has 0 spiro atoms. The molecule has 4 aromatic rings. The van der Waals surface area contributed by atoms with Crippen molar-refractivity contribution in [1.82, 2.24) is 9.97 Å². The number of nitrogens with zero attached hydrogens (tertiary/aromatic N) is 4. The molecule has 2 heterocycles. The highest BCUT2D eigenvalue weighted by Gasteiger charge is 2.38. The van der Waals surface area contributed by atoms with Gasteiger partial charge in [-0.25, -0.2) is 8.78 Å². The first-order valence-corrected chi connectivity index (χ1v) is 11.8. The number of thiophene rings is 1. The van der Waals surface area contributed by atoms with Crippen molar-refractivity contribution >= 4 is 43.1 Å². The van der Waals surface area contributed by atoms with E-state index in [0.717, 1.165) is 18.2 Å². The fraction of sp³-hybridized carbons (Fsp3) is 0.292. The molecule has 0 saturated heterocycles. The van der Waals surface area contributed by atoms with E-state index < -0.39 is 34.5 Å². The van der Waals surface area contributed by atoms with Gasteiger partial charge < -0.3 is 20.5 Å². The monoisotopic (exact) mass is 537 g/mol. The third kappa shape index (κ3) is 4.47. The minimum absolute atomic E-state index is 0.00417. The van der Waals surface area contributed by atoms with Crippen LogP contribution in [0.15, 0.2) is 18.2 Å². The highest BCUT2D eigenvalue weighted by molar-refractivity contribution is 7.23. The van der Waals surface area contributed by atoms with E-state index in [4.69, 9.17) is 10.5 Å². The minimum atomic E-state index is -5.04. The zero-order chi connectivity index (χ0) is 27.1. The lowest BCUT2D eigenvalue weighted by Crippen LogP contribution is -2.26. The quantitative estimate of drug-likeness (QED) is 0.301. The molecule has 0 atom stereocenters. The third-order valence-electron chi connectivity index (χ3n) is 5.85. The van der Waals surface area contributed by atoms with Gasteiger partial charge in [0.2, 0.25) is 0 Å². The molecule has 0 saturated carbocycles. The Morgan fingerprint density at radius 3 is 2.57 bits per heavy atom. The van der Waals surface area contributed by atoms with Crippen molar-refractivity contribution in [3.63, 3.8) is 0 Å². The van der Waals surface area contributed by atoms with Crippen LogP contribution in [0.2, 0.25) is 0 Å². The Labute approximate surface area is 211 Å². The predicted molar refractivity (Wildman–Crippen MR) is 131 cm³/mol. The lowest BCUT2D eigenvalue weighted by Gasteiger charge is -2.24. The second-order valence-electron chi connectivity index (χ2n) is 7.95. The number of anilines is 2. The molecule has 13 heteroatoms. The molecule has 0 aliphatic heterocycles. The van der Waals surface area contributed by atoms with Gasteiger partial charge in [0.25, 0.3) is 0 Å². The molecule has 7 nitrogen and oxygen atoms in total. The zero-order valence-corrected chi connectivity index (χ0v) is 20.4. The van der Waals surface area contributed by atoms with E-state index in [1.807, 2.05) is 0 Å². The molecule has 4 rings (SSSR count). The molecule has 0 bridgehead atoms. The fourth-order valence-corrected chi connectivity index (χ4v) is 5.14. The standard InChI is InChI=1S/C24H20F5N5O2S/c1-3-34(7-4-8-35)22-12-9-14(24(27,28)29)17(18(26)19(12)32-23(33-22)36-2)11-5-6-15(25)20-16(11)13(10-30)21(31)37-20/h5-6,9,35H,3-4,7-8,31H2,1-2H3. The van der Waals surface area contributed by atoms with Gasteiger partial charge in [-0.2, -0.15) is 28.4 Å². The van der Waals surface area contributed by atoms with Crippen LogP contribution in [0.3, 0.4) is 0 Å². The molecule has 0 amide bonds. The van der Waals surface area contributed by atoms with Gasteiger partial charge in [-0.05, 0) is 31.0 Å². The molecule has 3 N–H and O–H groups in total. The molecule has 0 aliphatic rings. The largest absolute Gasteiger partial charge is 0.467 e. The molecular formula is C24H20F5N5O2S.